The van der Waals surface area contributed by atoms with Crippen LogP contribution in [0.1, 0.15) is 54.6 Å². The molecule has 10 heteroatoms. The molecule has 39 heavy (non-hydrogen) atoms. The third-order valence-corrected chi connectivity index (χ3v) is 7.60. The molecule has 2 amide bonds. The van der Waals surface area contributed by atoms with E-state index in [2.05, 4.69) is 10.6 Å². The minimum atomic E-state index is -1.61. The molecule has 0 saturated carbocycles. The molecule has 0 aromatic heterocycles. The van der Waals surface area contributed by atoms with Crippen LogP contribution in [-0.2, 0) is 10.3 Å². The maximum Gasteiger partial charge on any atom is 0.250 e. The summed E-state index contributed by atoms with van der Waals surface area (Å²) < 4.78 is 31.2. The highest BCUT2D eigenvalue weighted by molar-refractivity contribution is 6.31. The van der Waals surface area contributed by atoms with Crippen molar-refractivity contribution >= 4 is 40.7 Å². The van der Waals surface area contributed by atoms with Gasteiger partial charge in [0.1, 0.15) is 11.6 Å². The molecule has 0 radical (unpaired) electrons. The van der Waals surface area contributed by atoms with Crippen molar-refractivity contribution in [2.75, 3.05) is 5.32 Å². The zero-order chi connectivity index (χ0) is 28.7. The van der Waals surface area contributed by atoms with Crippen molar-refractivity contribution in [3.05, 3.63) is 99.0 Å². The minimum Gasteiger partial charge on any atom is -0.366 e. The molecule has 206 valence electrons. The number of amides is 2. The van der Waals surface area contributed by atoms with Gasteiger partial charge in [-0.2, -0.15) is 0 Å². The van der Waals surface area contributed by atoms with E-state index < -0.39 is 47.0 Å². The number of carbonyl (C=O) groups excluding carboxylic acids is 2. The summed E-state index contributed by atoms with van der Waals surface area (Å²) in [6.45, 7) is 5.95. The predicted molar refractivity (Wildman–Crippen MR) is 150 cm³/mol. The summed E-state index contributed by atoms with van der Waals surface area (Å²) in [5, 5.41) is 6.02. The summed E-state index contributed by atoms with van der Waals surface area (Å²) in [6, 6.07) is 13.0. The number of hydrogen-bond donors (Lipinski definition) is 4. The molecule has 6 N–H and O–H groups in total. The molecule has 4 rings (SSSR count). The lowest BCUT2D eigenvalue weighted by molar-refractivity contribution is -0.118. The zero-order valence-electron chi connectivity index (χ0n) is 21.7. The number of para-hydroxylation sites is 1. The number of nitrogens with two attached hydrogens (primary N) is 2. The Kier molecular flexibility index (Phi) is 8.06. The molecule has 0 unspecified atom stereocenters. The maximum atomic E-state index is 15.7. The SMILES string of the molecule is CC(C)(C)C[C@@H]1N[C@@H](C(=O)Nc2ccccc2C(N)=O)[C@H](c2cccc(Cl)c2F)[C@@]1(N)c1ccc(Cl)cc1F. The third-order valence-electron chi connectivity index (χ3n) is 7.07. The Labute approximate surface area is 236 Å². The van der Waals surface area contributed by atoms with Crippen LogP contribution in [0, 0.1) is 17.0 Å². The zero-order valence-corrected chi connectivity index (χ0v) is 23.2. The van der Waals surface area contributed by atoms with Crippen LogP contribution in [0.4, 0.5) is 14.5 Å². The van der Waals surface area contributed by atoms with Gasteiger partial charge < -0.3 is 22.1 Å². The second-order valence-electron chi connectivity index (χ2n) is 11.0. The largest absolute Gasteiger partial charge is 0.366 e. The van der Waals surface area contributed by atoms with Crippen molar-refractivity contribution in [3.8, 4) is 0 Å². The number of rotatable bonds is 6. The normalized spacial score (nSPS) is 23.0. The Morgan fingerprint density at radius 3 is 2.38 bits per heavy atom. The Balaban J connectivity index is 1.93. The predicted octanol–water partition coefficient (Wildman–Crippen LogP) is 5.72. The molecule has 1 saturated heterocycles. The molecule has 6 nitrogen and oxygen atoms in total. The Morgan fingerprint density at radius 2 is 1.74 bits per heavy atom. The third kappa shape index (κ3) is 5.65. The quantitative estimate of drug-likeness (QED) is 0.301. The van der Waals surface area contributed by atoms with Crippen LogP contribution in [0.25, 0.3) is 0 Å². The molecular formula is C29H30Cl2F2N4O2. The first kappa shape index (κ1) is 29.0. The summed E-state index contributed by atoms with van der Waals surface area (Å²) in [5.41, 5.74) is 11.1. The highest BCUT2D eigenvalue weighted by atomic mass is 35.5. The summed E-state index contributed by atoms with van der Waals surface area (Å²) in [6.07, 6.45) is 0.409. The lowest BCUT2D eigenvalue weighted by Gasteiger charge is -2.40. The van der Waals surface area contributed by atoms with Gasteiger partial charge in [0, 0.05) is 22.5 Å². The smallest absolute Gasteiger partial charge is 0.250 e. The van der Waals surface area contributed by atoms with Gasteiger partial charge in [-0.05, 0) is 47.7 Å². The van der Waals surface area contributed by atoms with Gasteiger partial charge >= 0.3 is 0 Å². The van der Waals surface area contributed by atoms with E-state index in [1.807, 2.05) is 20.8 Å². The molecule has 0 spiro atoms. The standard InChI is InChI=1S/C29H30Cl2F2N4O2/c1-28(2,3)14-22-29(35,18-12-11-15(30)13-20(18)32)23(17-8-6-9-19(31)24(17)33)25(37-22)27(39)36-21-10-5-4-7-16(21)26(34)38/h4-13,22-23,25,37H,14,35H2,1-3H3,(H2,34,38)(H,36,39)/t22-,23-,25+,29+/m0/s1. The molecule has 3 aromatic carbocycles. The van der Waals surface area contributed by atoms with Gasteiger partial charge in [0.2, 0.25) is 5.91 Å². The molecule has 0 bridgehead atoms. The first-order valence-corrected chi connectivity index (χ1v) is 13.1. The number of carbonyl (C=O) groups is 2. The summed E-state index contributed by atoms with van der Waals surface area (Å²) in [7, 11) is 0. The van der Waals surface area contributed by atoms with Crippen LogP contribution >= 0.6 is 23.2 Å². The highest BCUT2D eigenvalue weighted by Gasteiger charge is 2.58. The van der Waals surface area contributed by atoms with Gasteiger partial charge in [-0.3, -0.25) is 9.59 Å². The molecular weight excluding hydrogens is 545 g/mol. The maximum absolute atomic E-state index is 15.7. The van der Waals surface area contributed by atoms with Gasteiger partial charge in [-0.1, -0.05) is 74.3 Å². The molecule has 3 aromatic rings. The van der Waals surface area contributed by atoms with E-state index in [1.54, 1.807) is 18.2 Å². The van der Waals surface area contributed by atoms with Crippen molar-refractivity contribution in [2.24, 2.45) is 16.9 Å². The first-order chi connectivity index (χ1) is 18.2. The fourth-order valence-electron chi connectivity index (χ4n) is 5.42. The molecule has 1 aliphatic rings. The number of anilines is 1. The molecule has 1 heterocycles. The van der Waals surface area contributed by atoms with E-state index in [9.17, 15) is 9.59 Å². The molecule has 4 atom stereocenters. The summed E-state index contributed by atoms with van der Waals surface area (Å²) in [5.74, 6) is -3.89. The average molecular weight is 575 g/mol. The fourth-order valence-corrected chi connectivity index (χ4v) is 5.76. The Bertz CT molecular complexity index is 1430. The van der Waals surface area contributed by atoms with Crippen molar-refractivity contribution < 1.29 is 18.4 Å². The van der Waals surface area contributed by atoms with E-state index in [0.29, 0.717) is 6.42 Å². The van der Waals surface area contributed by atoms with Gasteiger partial charge in [0.15, 0.2) is 0 Å². The second-order valence-corrected chi connectivity index (χ2v) is 11.9. The van der Waals surface area contributed by atoms with E-state index >= 15 is 8.78 Å². The topological polar surface area (TPSA) is 110 Å². The van der Waals surface area contributed by atoms with Crippen molar-refractivity contribution in [1.82, 2.24) is 5.32 Å². The number of nitrogens with one attached hydrogen (secondary N) is 2. The van der Waals surface area contributed by atoms with Crippen LogP contribution in [0.2, 0.25) is 10.0 Å². The highest BCUT2D eigenvalue weighted by Crippen LogP contribution is 2.50. The van der Waals surface area contributed by atoms with Crippen molar-refractivity contribution in [2.45, 2.75) is 50.7 Å². The Morgan fingerprint density at radius 1 is 1.05 bits per heavy atom. The minimum absolute atomic E-state index is 0.0478. The fraction of sp³-hybridized carbons (Fsp3) is 0.310. The number of benzene rings is 3. The van der Waals surface area contributed by atoms with Crippen LogP contribution < -0.4 is 22.1 Å². The van der Waals surface area contributed by atoms with Crippen LogP contribution in [0.5, 0.6) is 0 Å². The van der Waals surface area contributed by atoms with Crippen molar-refractivity contribution in [1.29, 1.82) is 0 Å². The molecule has 1 fully saturated rings. The van der Waals surface area contributed by atoms with Gasteiger partial charge in [-0.15, -0.1) is 0 Å². The lowest BCUT2D eigenvalue weighted by atomic mass is 9.68. The van der Waals surface area contributed by atoms with Crippen LogP contribution in [0.3, 0.4) is 0 Å². The summed E-state index contributed by atoms with van der Waals surface area (Å²) in [4.78, 5) is 25.9. The van der Waals surface area contributed by atoms with Crippen LogP contribution in [0.15, 0.2) is 60.7 Å². The average Bonchev–Trinajstić information content (AvgIpc) is 3.12. The van der Waals surface area contributed by atoms with Crippen molar-refractivity contribution in [3.63, 3.8) is 0 Å². The monoisotopic (exact) mass is 574 g/mol. The number of hydrogen-bond acceptors (Lipinski definition) is 4. The van der Waals surface area contributed by atoms with Crippen LogP contribution in [-0.4, -0.2) is 23.9 Å². The van der Waals surface area contributed by atoms with E-state index in [1.165, 1.54) is 36.4 Å². The van der Waals surface area contributed by atoms with Gasteiger partial charge in [0.05, 0.1) is 27.9 Å². The molecule has 1 aliphatic heterocycles. The lowest BCUT2D eigenvalue weighted by Crippen LogP contribution is -2.52. The van der Waals surface area contributed by atoms with Gasteiger partial charge in [0.25, 0.3) is 5.91 Å². The number of halogens is 4. The molecule has 0 aliphatic carbocycles. The van der Waals surface area contributed by atoms with E-state index in [0.717, 1.165) is 6.07 Å². The second kappa shape index (κ2) is 10.8. The van der Waals surface area contributed by atoms with E-state index in [4.69, 9.17) is 34.7 Å². The number of primary amides is 1. The van der Waals surface area contributed by atoms with E-state index in [-0.39, 0.29) is 37.8 Å². The summed E-state index contributed by atoms with van der Waals surface area (Å²) >= 11 is 12.2. The first-order valence-electron chi connectivity index (χ1n) is 12.4. The Hall–Kier alpha value is -3.04. The van der Waals surface area contributed by atoms with Gasteiger partial charge in [-0.25, -0.2) is 8.78 Å².